The molecule has 0 saturated carbocycles. The van der Waals surface area contributed by atoms with Gasteiger partial charge in [-0.3, -0.25) is 0 Å². The Morgan fingerprint density at radius 2 is 1.81 bits per heavy atom. The first-order valence-corrected chi connectivity index (χ1v) is 8.29. The molecule has 0 unspecified atom stereocenters. The molecule has 1 N–H and O–H groups in total. The van der Waals surface area contributed by atoms with Gasteiger partial charge >= 0.3 is 0 Å². The Kier molecular flexibility index (Phi) is 7.73. The number of rotatable bonds is 9. The Hall–Kier alpha value is -1.09. The van der Waals surface area contributed by atoms with Gasteiger partial charge in [0.05, 0.1) is 0 Å². The number of benzene rings is 1. The van der Waals surface area contributed by atoms with Crippen LogP contribution in [0, 0.1) is 11.7 Å². The fraction of sp³-hybridized carbons (Fsp3) is 0.667. The maximum atomic E-state index is 13.6. The normalized spacial score (nSPS) is 11.4. The third-order valence-electron chi connectivity index (χ3n) is 3.86. The summed E-state index contributed by atoms with van der Waals surface area (Å²) in [4.78, 5) is 2.47. The second kappa shape index (κ2) is 9.04. The molecule has 0 amide bonds. The number of halogens is 1. The molecule has 0 bridgehead atoms. The van der Waals surface area contributed by atoms with E-state index >= 15 is 0 Å². The standard InChI is InChI=1S/C18H31FN2/c1-6-17(7-2)21(13-14(4)5)18-10-9-16(19)11-15(18)12-20-8-3/h9-11,14,17,20H,6-8,12-13H2,1-5H3. The number of anilines is 1. The van der Waals surface area contributed by atoms with E-state index in [4.69, 9.17) is 0 Å². The van der Waals surface area contributed by atoms with Crippen LogP contribution in [-0.2, 0) is 6.54 Å². The van der Waals surface area contributed by atoms with E-state index in [0.29, 0.717) is 12.0 Å². The van der Waals surface area contributed by atoms with Crippen molar-refractivity contribution in [2.45, 2.75) is 60.0 Å². The topological polar surface area (TPSA) is 15.3 Å². The minimum Gasteiger partial charge on any atom is -0.368 e. The summed E-state index contributed by atoms with van der Waals surface area (Å²) in [5.74, 6) is 0.434. The molecule has 0 heterocycles. The number of hydrogen-bond donors (Lipinski definition) is 1. The van der Waals surface area contributed by atoms with Crippen molar-refractivity contribution in [1.29, 1.82) is 0 Å². The van der Waals surface area contributed by atoms with E-state index in [1.807, 2.05) is 6.07 Å². The van der Waals surface area contributed by atoms with Crippen LogP contribution in [0.1, 0.15) is 53.0 Å². The lowest BCUT2D eigenvalue weighted by molar-refractivity contribution is 0.504. The highest BCUT2D eigenvalue weighted by Crippen LogP contribution is 2.27. The average molecular weight is 294 g/mol. The van der Waals surface area contributed by atoms with Crippen molar-refractivity contribution in [3.05, 3.63) is 29.6 Å². The van der Waals surface area contributed by atoms with Crippen LogP contribution in [0.5, 0.6) is 0 Å². The zero-order valence-electron chi connectivity index (χ0n) is 14.2. The van der Waals surface area contributed by atoms with Crippen molar-refractivity contribution in [1.82, 2.24) is 5.32 Å². The third kappa shape index (κ3) is 5.31. The van der Waals surface area contributed by atoms with Crippen LogP contribution in [0.3, 0.4) is 0 Å². The van der Waals surface area contributed by atoms with Gasteiger partial charge in [0.25, 0.3) is 0 Å². The van der Waals surface area contributed by atoms with Crippen molar-refractivity contribution in [3.8, 4) is 0 Å². The van der Waals surface area contributed by atoms with Gasteiger partial charge in [-0.15, -0.1) is 0 Å². The summed E-state index contributed by atoms with van der Waals surface area (Å²) in [6.07, 6.45) is 2.22. The minimum absolute atomic E-state index is 0.152. The SMILES string of the molecule is CCNCc1cc(F)ccc1N(CC(C)C)C(CC)CC. The summed E-state index contributed by atoms with van der Waals surface area (Å²) >= 11 is 0. The molecule has 0 saturated heterocycles. The van der Waals surface area contributed by atoms with Crippen LogP contribution >= 0.6 is 0 Å². The van der Waals surface area contributed by atoms with E-state index in [-0.39, 0.29) is 5.82 Å². The van der Waals surface area contributed by atoms with Gasteiger partial charge in [-0.1, -0.05) is 34.6 Å². The molecule has 0 atom stereocenters. The highest BCUT2D eigenvalue weighted by Gasteiger charge is 2.19. The molecule has 0 radical (unpaired) electrons. The molecule has 2 nitrogen and oxygen atoms in total. The summed E-state index contributed by atoms with van der Waals surface area (Å²) in [6, 6.07) is 5.72. The average Bonchev–Trinajstić information content (AvgIpc) is 2.45. The van der Waals surface area contributed by atoms with Gasteiger partial charge in [0.1, 0.15) is 5.82 Å². The molecule has 0 fully saturated rings. The Morgan fingerprint density at radius 1 is 1.14 bits per heavy atom. The van der Waals surface area contributed by atoms with Crippen molar-refractivity contribution in [3.63, 3.8) is 0 Å². The quantitative estimate of drug-likeness (QED) is 0.717. The van der Waals surface area contributed by atoms with Gasteiger partial charge in [-0.25, -0.2) is 4.39 Å². The Labute approximate surface area is 129 Å². The maximum Gasteiger partial charge on any atom is 0.123 e. The monoisotopic (exact) mass is 294 g/mol. The van der Waals surface area contributed by atoms with Gasteiger partial charge < -0.3 is 10.2 Å². The van der Waals surface area contributed by atoms with E-state index in [9.17, 15) is 4.39 Å². The Balaban J connectivity index is 3.15. The van der Waals surface area contributed by atoms with Crippen molar-refractivity contribution in [2.24, 2.45) is 5.92 Å². The molecule has 0 aliphatic rings. The summed E-state index contributed by atoms with van der Waals surface area (Å²) in [7, 11) is 0. The predicted molar refractivity (Wildman–Crippen MR) is 90.3 cm³/mol. The van der Waals surface area contributed by atoms with Gasteiger partial charge in [0.2, 0.25) is 0 Å². The molecule has 0 aliphatic heterocycles. The van der Waals surface area contributed by atoms with E-state index in [2.05, 4.69) is 44.8 Å². The molecule has 0 spiro atoms. The van der Waals surface area contributed by atoms with Crippen LogP contribution in [-0.4, -0.2) is 19.1 Å². The first-order chi connectivity index (χ1) is 10.0. The number of nitrogens with one attached hydrogen (secondary N) is 1. The van der Waals surface area contributed by atoms with Crippen molar-refractivity contribution in [2.75, 3.05) is 18.0 Å². The third-order valence-corrected chi connectivity index (χ3v) is 3.86. The lowest BCUT2D eigenvalue weighted by Crippen LogP contribution is -2.38. The molecule has 3 heteroatoms. The van der Waals surface area contributed by atoms with Crippen LogP contribution < -0.4 is 10.2 Å². The van der Waals surface area contributed by atoms with E-state index < -0.39 is 0 Å². The van der Waals surface area contributed by atoms with Crippen molar-refractivity contribution < 1.29 is 4.39 Å². The van der Waals surface area contributed by atoms with Crippen LogP contribution in [0.4, 0.5) is 10.1 Å². The highest BCUT2D eigenvalue weighted by atomic mass is 19.1. The number of hydrogen-bond acceptors (Lipinski definition) is 2. The highest BCUT2D eigenvalue weighted by molar-refractivity contribution is 5.54. The zero-order valence-corrected chi connectivity index (χ0v) is 14.2. The molecule has 0 aromatic heterocycles. The van der Waals surface area contributed by atoms with Crippen molar-refractivity contribution >= 4 is 5.69 Å². The van der Waals surface area contributed by atoms with Gasteiger partial charge in [-0.2, -0.15) is 0 Å². The Bertz CT molecular complexity index is 414. The van der Waals surface area contributed by atoms with E-state index in [1.54, 1.807) is 12.1 Å². The largest absolute Gasteiger partial charge is 0.368 e. The van der Waals surface area contributed by atoms with E-state index in [1.165, 1.54) is 5.69 Å². The second-order valence-electron chi connectivity index (χ2n) is 6.07. The molecule has 0 aliphatic carbocycles. The fourth-order valence-corrected chi connectivity index (χ4v) is 2.80. The molecule has 1 rings (SSSR count). The molecular weight excluding hydrogens is 263 g/mol. The number of nitrogens with zero attached hydrogens (tertiary/aromatic N) is 1. The molecule has 1 aromatic rings. The maximum absolute atomic E-state index is 13.6. The zero-order chi connectivity index (χ0) is 15.8. The smallest absolute Gasteiger partial charge is 0.123 e. The van der Waals surface area contributed by atoms with Crippen LogP contribution in [0.15, 0.2) is 18.2 Å². The second-order valence-corrected chi connectivity index (χ2v) is 6.07. The first-order valence-electron chi connectivity index (χ1n) is 8.29. The summed E-state index contributed by atoms with van der Waals surface area (Å²) < 4.78 is 13.6. The van der Waals surface area contributed by atoms with E-state index in [0.717, 1.165) is 38.0 Å². The van der Waals surface area contributed by atoms with Gasteiger partial charge in [0, 0.05) is 24.8 Å². The Morgan fingerprint density at radius 3 is 2.33 bits per heavy atom. The minimum atomic E-state index is -0.152. The van der Waals surface area contributed by atoms with Crippen LogP contribution in [0.25, 0.3) is 0 Å². The molecule has 21 heavy (non-hydrogen) atoms. The molecule has 1 aromatic carbocycles. The lowest BCUT2D eigenvalue weighted by Gasteiger charge is -2.35. The fourth-order valence-electron chi connectivity index (χ4n) is 2.80. The van der Waals surface area contributed by atoms with Crippen LogP contribution in [0.2, 0.25) is 0 Å². The lowest BCUT2D eigenvalue weighted by atomic mass is 10.0. The molecule has 120 valence electrons. The summed E-state index contributed by atoms with van der Waals surface area (Å²) in [5.41, 5.74) is 2.24. The predicted octanol–water partition coefficient (Wildman–Crippen LogP) is 4.59. The van der Waals surface area contributed by atoms with Gasteiger partial charge in [0.15, 0.2) is 0 Å². The van der Waals surface area contributed by atoms with Gasteiger partial charge in [-0.05, 0) is 49.1 Å². The molecular formula is C18H31FN2. The summed E-state index contributed by atoms with van der Waals surface area (Å²) in [5, 5.41) is 3.32. The summed E-state index contributed by atoms with van der Waals surface area (Å²) in [6.45, 7) is 13.6. The first kappa shape index (κ1) is 18.0.